The summed E-state index contributed by atoms with van der Waals surface area (Å²) in [5.74, 6) is 1.48. The Bertz CT molecular complexity index is 1580. The Kier molecular flexibility index (Phi) is 6.46. The number of aromatic nitrogens is 1. The quantitative estimate of drug-likeness (QED) is 0.216. The zero-order chi connectivity index (χ0) is 29.3. The summed E-state index contributed by atoms with van der Waals surface area (Å²) in [6.45, 7) is 5.46. The molecule has 2 fully saturated rings. The van der Waals surface area contributed by atoms with Gasteiger partial charge < -0.3 is 30.6 Å². The minimum atomic E-state index is -0.994. The normalized spacial score (nSPS) is 28.3. The van der Waals surface area contributed by atoms with E-state index in [2.05, 4.69) is 51.7 Å². The number of benzene rings is 2. The van der Waals surface area contributed by atoms with Crippen LogP contribution in [-0.4, -0.2) is 63.9 Å². The summed E-state index contributed by atoms with van der Waals surface area (Å²) in [7, 11) is 0. The molecule has 3 heterocycles. The number of phenols is 1. The molecule has 4 atom stereocenters. The summed E-state index contributed by atoms with van der Waals surface area (Å²) in [6.07, 6.45) is 9.64. The molecule has 2 amide bonds. The molecule has 43 heavy (non-hydrogen) atoms. The van der Waals surface area contributed by atoms with Crippen molar-refractivity contribution in [2.45, 2.75) is 94.3 Å². The van der Waals surface area contributed by atoms with Gasteiger partial charge in [-0.15, -0.1) is 0 Å². The van der Waals surface area contributed by atoms with Crippen LogP contribution in [0.4, 0.5) is 4.79 Å². The highest BCUT2D eigenvalue weighted by molar-refractivity contribution is 5.87. The van der Waals surface area contributed by atoms with Gasteiger partial charge >= 0.3 is 6.03 Å². The standard InChI is InChI=1S/C35H44N4O4/c1-2-3-4-5-14-36-33(41)37-15-12-21-8-10-26-24(17-21)25-19-35(42)28-18-23-9-11-27(40)31-29(23)34(35,32(43-31)30(25)38-26)13-16-39(28)20-22-6-7-22/h8-11,17,22,28,32,38,40,42H,2-7,12-16,18-20H2,1H3,(H2,36,37,41)/t28-,32-,34-,35+/m0/s1. The first-order chi connectivity index (χ1) is 20.9. The Morgan fingerprint density at radius 3 is 2.84 bits per heavy atom. The van der Waals surface area contributed by atoms with Crippen LogP contribution in [0.5, 0.6) is 11.5 Å². The lowest BCUT2D eigenvalue weighted by Crippen LogP contribution is -2.74. The molecule has 8 nitrogen and oxygen atoms in total. The average molecular weight is 585 g/mol. The zero-order valence-corrected chi connectivity index (χ0v) is 25.2. The molecule has 3 aliphatic carbocycles. The minimum Gasteiger partial charge on any atom is -0.504 e. The molecule has 5 aliphatic rings. The molecule has 1 saturated carbocycles. The number of likely N-dealkylation sites (tertiary alicyclic amines) is 1. The van der Waals surface area contributed by atoms with Gasteiger partial charge in [-0.05, 0) is 85.9 Å². The largest absolute Gasteiger partial charge is 0.504 e. The number of unbranched alkanes of at least 4 members (excludes halogenated alkanes) is 3. The highest BCUT2D eigenvalue weighted by Crippen LogP contribution is 2.69. The highest BCUT2D eigenvalue weighted by atomic mass is 16.5. The SMILES string of the molecule is CCCCCCNC(=O)NCCc1ccc2[nH]c3c(c2c1)C[C@@]1(O)[C@@H]2Cc4ccc(O)c5c4[C@@]1(CCN2CC1CC1)[C@H]3O5. The van der Waals surface area contributed by atoms with Crippen LogP contribution in [0.15, 0.2) is 30.3 Å². The predicted molar refractivity (Wildman–Crippen MR) is 166 cm³/mol. The molecule has 8 rings (SSSR count). The van der Waals surface area contributed by atoms with Gasteiger partial charge in [0, 0.05) is 48.6 Å². The maximum Gasteiger partial charge on any atom is 0.314 e. The van der Waals surface area contributed by atoms with E-state index in [4.69, 9.17) is 4.74 Å². The van der Waals surface area contributed by atoms with Crippen molar-refractivity contribution in [2.75, 3.05) is 26.2 Å². The summed E-state index contributed by atoms with van der Waals surface area (Å²) in [6, 6.07) is 10.2. The van der Waals surface area contributed by atoms with Crippen molar-refractivity contribution < 1.29 is 19.7 Å². The van der Waals surface area contributed by atoms with Gasteiger partial charge in [-0.25, -0.2) is 4.79 Å². The van der Waals surface area contributed by atoms with E-state index in [1.807, 2.05) is 0 Å². The molecule has 2 aliphatic heterocycles. The number of carbonyl (C=O) groups is 1. The number of fused-ring (bicyclic) bond motifs is 4. The molecule has 2 bridgehead atoms. The molecule has 8 heteroatoms. The summed E-state index contributed by atoms with van der Waals surface area (Å²) in [5, 5.41) is 31.1. The first kappa shape index (κ1) is 27.3. The Hall–Kier alpha value is -3.23. The van der Waals surface area contributed by atoms with E-state index in [0.29, 0.717) is 25.3 Å². The lowest BCUT2D eigenvalue weighted by Gasteiger charge is -2.62. The number of aromatic amines is 1. The zero-order valence-electron chi connectivity index (χ0n) is 25.2. The first-order valence-electron chi connectivity index (χ1n) is 16.6. The number of nitrogens with zero attached hydrogens (tertiary/aromatic N) is 1. The fraction of sp³-hybridized carbons (Fsp3) is 0.571. The van der Waals surface area contributed by atoms with Crippen LogP contribution >= 0.6 is 0 Å². The van der Waals surface area contributed by atoms with E-state index < -0.39 is 11.0 Å². The van der Waals surface area contributed by atoms with Gasteiger partial charge in [-0.3, -0.25) is 4.90 Å². The third-order valence-corrected chi connectivity index (χ3v) is 11.2. The number of aromatic hydroxyl groups is 1. The molecule has 0 unspecified atom stereocenters. The number of H-pyrrole nitrogens is 1. The minimum absolute atomic E-state index is 0.0157. The van der Waals surface area contributed by atoms with Crippen LogP contribution in [-0.2, 0) is 24.7 Å². The second-order valence-corrected chi connectivity index (χ2v) is 13.8. The van der Waals surface area contributed by atoms with Crippen LogP contribution in [0.1, 0.15) is 85.9 Å². The first-order valence-corrected chi connectivity index (χ1v) is 16.6. The number of nitrogens with one attached hydrogen (secondary N) is 3. The van der Waals surface area contributed by atoms with Crippen LogP contribution in [0.25, 0.3) is 10.9 Å². The van der Waals surface area contributed by atoms with E-state index in [0.717, 1.165) is 84.4 Å². The third kappa shape index (κ3) is 4.12. The van der Waals surface area contributed by atoms with Crippen molar-refractivity contribution >= 4 is 16.9 Å². The molecular weight excluding hydrogens is 540 g/mol. The number of hydrogen-bond donors (Lipinski definition) is 5. The monoisotopic (exact) mass is 584 g/mol. The molecule has 1 aromatic heterocycles. The molecule has 1 saturated heterocycles. The number of phenolic OH excluding ortho intramolecular Hbond substituents is 1. The van der Waals surface area contributed by atoms with Gasteiger partial charge in [0.25, 0.3) is 0 Å². The summed E-state index contributed by atoms with van der Waals surface area (Å²) in [5.41, 5.74) is 5.04. The molecular formula is C35H44N4O4. The van der Waals surface area contributed by atoms with E-state index in [9.17, 15) is 15.0 Å². The van der Waals surface area contributed by atoms with Crippen molar-refractivity contribution in [2.24, 2.45) is 5.92 Å². The molecule has 1 spiro atoms. The van der Waals surface area contributed by atoms with Crippen LogP contribution in [0.3, 0.4) is 0 Å². The Morgan fingerprint density at radius 1 is 1.14 bits per heavy atom. The van der Waals surface area contributed by atoms with Gasteiger partial charge in [0.1, 0.15) is 0 Å². The molecule has 2 aromatic carbocycles. The summed E-state index contributed by atoms with van der Waals surface area (Å²) in [4.78, 5) is 18.5. The molecule has 3 aromatic rings. The lowest BCUT2D eigenvalue weighted by atomic mass is 9.49. The van der Waals surface area contributed by atoms with Crippen molar-refractivity contribution in [1.82, 2.24) is 20.5 Å². The van der Waals surface area contributed by atoms with E-state index in [1.54, 1.807) is 6.07 Å². The summed E-state index contributed by atoms with van der Waals surface area (Å²) < 4.78 is 6.72. The van der Waals surface area contributed by atoms with Crippen LogP contribution in [0.2, 0.25) is 0 Å². The predicted octanol–water partition coefficient (Wildman–Crippen LogP) is 4.99. The molecule has 5 N–H and O–H groups in total. The van der Waals surface area contributed by atoms with E-state index >= 15 is 0 Å². The summed E-state index contributed by atoms with van der Waals surface area (Å²) >= 11 is 0. The average Bonchev–Trinajstić information content (AvgIpc) is 3.64. The maximum atomic E-state index is 13.0. The number of hydrogen-bond acceptors (Lipinski definition) is 5. The van der Waals surface area contributed by atoms with Crippen LogP contribution in [0, 0.1) is 5.92 Å². The van der Waals surface area contributed by atoms with Crippen LogP contribution < -0.4 is 15.4 Å². The lowest BCUT2D eigenvalue weighted by molar-refractivity contribution is -0.173. The fourth-order valence-electron chi connectivity index (χ4n) is 8.96. The van der Waals surface area contributed by atoms with Gasteiger partial charge in [-0.2, -0.15) is 0 Å². The number of piperidine rings is 1. The van der Waals surface area contributed by atoms with E-state index in [-0.39, 0.29) is 23.9 Å². The van der Waals surface area contributed by atoms with Crippen molar-refractivity contribution in [3.8, 4) is 11.5 Å². The van der Waals surface area contributed by atoms with Crippen molar-refractivity contribution in [3.05, 3.63) is 58.3 Å². The smallest absolute Gasteiger partial charge is 0.314 e. The Labute approximate surface area is 253 Å². The van der Waals surface area contributed by atoms with Gasteiger partial charge in [0.05, 0.1) is 16.7 Å². The number of rotatable bonds is 10. The number of amides is 2. The van der Waals surface area contributed by atoms with E-state index in [1.165, 1.54) is 31.2 Å². The second-order valence-electron chi connectivity index (χ2n) is 13.8. The number of carbonyl (C=O) groups excluding carboxylic acids is 1. The third-order valence-electron chi connectivity index (χ3n) is 11.2. The van der Waals surface area contributed by atoms with Gasteiger partial charge in [0.2, 0.25) is 0 Å². The maximum absolute atomic E-state index is 13.0. The fourth-order valence-corrected chi connectivity index (χ4v) is 8.96. The Morgan fingerprint density at radius 2 is 2.00 bits per heavy atom. The number of urea groups is 1. The highest BCUT2D eigenvalue weighted by Gasteiger charge is 2.72. The second kappa shape index (κ2) is 10.2. The van der Waals surface area contributed by atoms with Crippen molar-refractivity contribution in [3.63, 3.8) is 0 Å². The Balaban J connectivity index is 1.09. The topological polar surface area (TPSA) is 110 Å². The molecule has 0 radical (unpaired) electrons. The molecule has 228 valence electrons. The van der Waals surface area contributed by atoms with Gasteiger partial charge in [0.15, 0.2) is 17.6 Å². The number of ether oxygens (including phenoxy) is 1. The van der Waals surface area contributed by atoms with Gasteiger partial charge in [-0.1, -0.05) is 38.3 Å². The van der Waals surface area contributed by atoms with Crippen molar-refractivity contribution in [1.29, 1.82) is 0 Å². The number of aliphatic hydroxyl groups is 1.